The summed E-state index contributed by atoms with van der Waals surface area (Å²) < 4.78 is 48.6. The zero-order valence-electron chi connectivity index (χ0n) is 19.8. The maximum Gasteiger partial charge on any atom is 0.412 e. The van der Waals surface area contributed by atoms with E-state index in [0.717, 1.165) is 12.1 Å². The Morgan fingerprint density at radius 1 is 1.14 bits per heavy atom. The molecule has 8 nitrogen and oxygen atoms in total. The number of rotatable bonds is 12. The molecule has 0 aliphatic rings. The number of aliphatic hydroxyl groups is 1. The van der Waals surface area contributed by atoms with Crippen LogP contribution in [0.15, 0.2) is 54.1 Å². The van der Waals surface area contributed by atoms with Crippen molar-refractivity contribution >= 4 is 17.7 Å². The molecule has 0 unspecified atom stereocenters. The third-order valence-electron chi connectivity index (χ3n) is 4.86. The fraction of sp³-hybridized carbons (Fsp3) is 0.360. The van der Waals surface area contributed by atoms with Crippen LogP contribution in [0.5, 0.6) is 5.75 Å². The van der Waals surface area contributed by atoms with E-state index in [1.54, 1.807) is 44.2 Å². The lowest BCUT2D eigenvalue weighted by Crippen LogP contribution is -2.28. The van der Waals surface area contributed by atoms with Crippen molar-refractivity contribution in [1.29, 1.82) is 0 Å². The Hall–Kier alpha value is -3.50. The summed E-state index contributed by atoms with van der Waals surface area (Å²) in [5.41, 5.74) is 0.637. The average Bonchev–Trinajstić information content (AvgIpc) is 2.84. The molecular formula is C25H29F2NO7. The van der Waals surface area contributed by atoms with E-state index in [9.17, 15) is 18.4 Å². The van der Waals surface area contributed by atoms with Gasteiger partial charge < -0.3 is 24.1 Å². The van der Waals surface area contributed by atoms with E-state index in [-0.39, 0.29) is 31.9 Å². The van der Waals surface area contributed by atoms with Gasteiger partial charge in [0.15, 0.2) is 6.10 Å². The van der Waals surface area contributed by atoms with Gasteiger partial charge in [0.05, 0.1) is 18.9 Å². The SMILES string of the molecule is CCOC(=O)/C(C)=C/C[C@@H](OC)[C@H](OC(=O)Nc1ccc(F)cc1F)c1ccc(OCCO)cc1. The van der Waals surface area contributed by atoms with Gasteiger partial charge in [-0.3, -0.25) is 5.32 Å². The number of methoxy groups -OCH3 is 1. The van der Waals surface area contributed by atoms with Crippen molar-refractivity contribution < 1.29 is 42.4 Å². The lowest BCUT2D eigenvalue weighted by atomic mass is 10.0. The van der Waals surface area contributed by atoms with Crippen LogP contribution in [0.1, 0.15) is 31.9 Å². The summed E-state index contributed by atoms with van der Waals surface area (Å²) in [6.07, 6.45) is -0.894. The molecule has 0 heterocycles. The molecule has 0 aromatic heterocycles. The molecule has 0 aliphatic heterocycles. The van der Waals surface area contributed by atoms with E-state index in [1.807, 2.05) is 0 Å². The van der Waals surface area contributed by atoms with Crippen LogP contribution in [-0.4, -0.2) is 50.2 Å². The summed E-state index contributed by atoms with van der Waals surface area (Å²) in [6, 6.07) is 9.28. The highest BCUT2D eigenvalue weighted by molar-refractivity contribution is 5.87. The van der Waals surface area contributed by atoms with E-state index in [4.69, 9.17) is 24.1 Å². The predicted octanol–water partition coefficient (Wildman–Crippen LogP) is 4.54. The predicted molar refractivity (Wildman–Crippen MR) is 124 cm³/mol. The van der Waals surface area contributed by atoms with Crippen LogP contribution in [-0.2, 0) is 19.0 Å². The lowest BCUT2D eigenvalue weighted by molar-refractivity contribution is -0.138. The van der Waals surface area contributed by atoms with Crippen LogP contribution in [0.2, 0.25) is 0 Å². The first-order chi connectivity index (χ1) is 16.8. The highest BCUT2D eigenvalue weighted by atomic mass is 19.1. The first-order valence-corrected chi connectivity index (χ1v) is 10.9. The standard InChI is InChI=1S/C25H29F2NO7/c1-4-33-24(30)16(2)5-12-22(32-3)23(17-6-9-19(10-7-17)34-14-13-29)35-25(31)28-21-11-8-18(26)15-20(21)27/h5-11,15,22-23,29H,4,12-14H2,1-3H3,(H,28,31)/b16-5+/t22-,23-/m1/s1. The van der Waals surface area contributed by atoms with Crippen molar-refractivity contribution in [3.8, 4) is 5.75 Å². The van der Waals surface area contributed by atoms with Gasteiger partial charge in [-0.05, 0) is 50.1 Å². The van der Waals surface area contributed by atoms with E-state index < -0.39 is 35.9 Å². The van der Waals surface area contributed by atoms with Crippen molar-refractivity contribution in [3.63, 3.8) is 0 Å². The van der Waals surface area contributed by atoms with Gasteiger partial charge in [-0.25, -0.2) is 18.4 Å². The molecule has 0 saturated heterocycles. The van der Waals surface area contributed by atoms with Gasteiger partial charge in [-0.1, -0.05) is 18.2 Å². The van der Waals surface area contributed by atoms with Gasteiger partial charge in [-0.15, -0.1) is 0 Å². The summed E-state index contributed by atoms with van der Waals surface area (Å²) in [7, 11) is 1.42. The topological polar surface area (TPSA) is 103 Å². The van der Waals surface area contributed by atoms with E-state index in [0.29, 0.717) is 23.0 Å². The number of ether oxygens (including phenoxy) is 4. The highest BCUT2D eigenvalue weighted by Gasteiger charge is 2.27. The molecule has 2 aromatic rings. The molecule has 1 amide bonds. The zero-order chi connectivity index (χ0) is 25.8. The molecule has 2 rings (SSSR count). The molecule has 0 spiro atoms. The van der Waals surface area contributed by atoms with Crippen LogP contribution in [0.3, 0.4) is 0 Å². The van der Waals surface area contributed by atoms with Crippen molar-refractivity contribution in [2.45, 2.75) is 32.5 Å². The molecule has 0 radical (unpaired) electrons. The van der Waals surface area contributed by atoms with Crippen molar-refractivity contribution in [3.05, 3.63) is 71.3 Å². The largest absolute Gasteiger partial charge is 0.491 e. The highest BCUT2D eigenvalue weighted by Crippen LogP contribution is 2.29. The van der Waals surface area contributed by atoms with Crippen molar-refractivity contribution in [2.75, 3.05) is 32.2 Å². The second-order valence-electron chi connectivity index (χ2n) is 7.33. The average molecular weight is 494 g/mol. The van der Waals surface area contributed by atoms with Crippen LogP contribution < -0.4 is 10.1 Å². The van der Waals surface area contributed by atoms with E-state index >= 15 is 0 Å². The summed E-state index contributed by atoms with van der Waals surface area (Å²) in [5, 5.41) is 11.2. The number of amides is 1. The molecule has 2 aromatic carbocycles. The summed E-state index contributed by atoms with van der Waals surface area (Å²) >= 11 is 0. The maximum atomic E-state index is 14.0. The second kappa shape index (κ2) is 14.0. The Labute approximate surface area is 202 Å². The Morgan fingerprint density at radius 2 is 1.86 bits per heavy atom. The molecule has 2 atom stereocenters. The summed E-state index contributed by atoms with van der Waals surface area (Å²) in [5.74, 6) is -1.73. The first kappa shape index (κ1) is 27.7. The van der Waals surface area contributed by atoms with Crippen molar-refractivity contribution in [1.82, 2.24) is 0 Å². The molecule has 35 heavy (non-hydrogen) atoms. The molecule has 10 heteroatoms. The molecule has 190 valence electrons. The molecule has 0 bridgehead atoms. The number of hydrogen-bond acceptors (Lipinski definition) is 7. The van der Waals surface area contributed by atoms with Crippen molar-refractivity contribution in [2.24, 2.45) is 0 Å². The van der Waals surface area contributed by atoms with Crippen LogP contribution in [0.4, 0.5) is 19.3 Å². The van der Waals surface area contributed by atoms with Gasteiger partial charge in [0.25, 0.3) is 0 Å². The van der Waals surface area contributed by atoms with Crippen LogP contribution in [0.25, 0.3) is 0 Å². The number of aliphatic hydroxyl groups excluding tert-OH is 1. The number of halogens is 2. The molecule has 0 saturated carbocycles. The Balaban J connectivity index is 2.27. The monoisotopic (exact) mass is 493 g/mol. The third kappa shape index (κ3) is 8.66. The fourth-order valence-electron chi connectivity index (χ4n) is 3.09. The Morgan fingerprint density at radius 3 is 2.46 bits per heavy atom. The Bertz CT molecular complexity index is 1010. The first-order valence-electron chi connectivity index (χ1n) is 10.9. The van der Waals surface area contributed by atoms with Gasteiger partial charge in [0, 0.05) is 18.7 Å². The maximum absolute atomic E-state index is 14.0. The minimum Gasteiger partial charge on any atom is -0.491 e. The quantitative estimate of drug-likeness (QED) is 0.331. The normalized spacial score (nSPS) is 13.0. The van der Waals surface area contributed by atoms with Gasteiger partial charge in [0.2, 0.25) is 0 Å². The van der Waals surface area contributed by atoms with E-state index in [2.05, 4.69) is 5.32 Å². The van der Waals surface area contributed by atoms with Gasteiger partial charge in [0.1, 0.15) is 30.1 Å². The number of esters is 1. The molecule has 0 fully saturated rings. The minimum absolute atomic E-state index is 0.115. The third-order valence-corrected chi connectivity index (χ3v) is 4.86. The van der Waals surface area contributed by atoms with E-state index in [1.165, 1.54) is 7.11 Å². The zero-order valence-corrected chi connectivity index (χ0v) is 19.8. The minimum atomic E-state index is -0.991. The second-order valence-corrected chi connectivity index (χ2v) is 7.33. The van der Waals surface area contributed by atoms with Gasteiger partial charge >= 0.3 is 12.1 Å². The fourth-order valence-corrected chi connectivity index (χ4v) is 3.09. The number of carbonyl (C=O) groups is 2. The smallest absolute Gasteiger partial charge is 0.412 e. The number of hydrogen-bond donors (Lipinski definition) is 2. The summed E-state index contributed by atoms with van der Waals surface area (Å²) in [6.45, 7) is 3.49. The molecule has 0 aliphatic carbocycles. The Kier molecular flexibility index (Phi) is 11.1. The van der Waals surface area contributed by atoms with Gasteiger partial charge in [-0.2, -0.15) is 0 Å². The number of benzene rings is 2. The molecule has 2 N–H and O–H groups in total. The lowest BCUT2D eigenvalue weighted by Gasteiger charge is -2.26. The number of carbonyl (C=O) groups excluding carboxylic acids is 2. The summed E-state index contributed by atoms with van der Waals surface area (Å²) in [4.78, 5) is 24.5. The van der Waals surface area contributed by atoms with Crippen LogP contribution in [0, 0.1) is 11.6 Å². The molecular weight excluding hydrogens is 464 g/mol. The number of nitrogens with one attached hydrogen (secondary N) is 1. The van der Waals surface area contributed by atoms with Crippen LogP contribution >= 0.6 is 0 Å². The number of anilines is 1.